The molecule has 14 nitrogen and oxygen atoms in total. The summed E-state index contributed by atoms with van der Waals surface area (Å²) in [5.74, 6) is 0.665. The van der Waals surface area contributed by atoms with Gasteiger partial charge in [-0.2, -0.15) is 0 Å². The SMILES string of the molecule is CN(CCOCCOCCOCCOCCOCCOCCOCCOCCOCCOc1ccccc1N)C(=O)OC(C)(C)C. The molecule has 0 atom stereocenters. The summed E-state index contributed by atoms with van der Waals surface area (Å²) in [6.07, 6.45) is -0.365. The van der Waals surface area contributed by atoms with Crippen molar-refractivity contribution < 1.29 is 56.9 Å². The normalized spacial score (nSPS) is 11.6. The van der Waals surface area contributed by atoms with Crippen molar-refractivity contribution >= 4 is 11.8 Å². The van der Waals surface area contributed by atoms with E-state index < -0.39 is 5.60 Å². The van der Waals surface area contributed by atoms with Crippen LogP contribution in [0.3, 0.4) is 0 Å². The van der Waals surface area contributed by atoms with Crippen molar-refractivity contribution in [3.8, 4) is 5.75 Å². The zero-order chi connectivity index (χ0) is 33.6. The lowest BCUT2D eigenvalue weighted by atomic mass is 10.2. The first kappa shape index (κ1) is 41.8. The highest BCUT2D eigenvalue weighted by Gasteiger charge is 2.19. The maximum absolute atomic E-state index is 11.8. The molecule has 1 amide bonds. The summed E-state index contributed by atoms with van der Waals surface area (Å²) in [6.45, 7) is 15.0. The van der Waals surface area contributed by atoms with E-state index in [1.807, 2.05) is 39.0 Å². The molecule has 1 rings (SSSR count). The number of anilines is 1. The van der Waals surface area contributed by atoms with E-state index in [0.717, 1.165) is 0 Å². The molecule has 0 saturated carbocycles. The fraction of sp³-hybridized carbons (Fsp3) is 0.781. The first-order valence-electron chi connectivity index (χ1n) is 15.9. The molecule has 46 heavy (non-hydrogen) atoms. The molecule has 1 aromatic carbocycles. The number of likely N-dealkylation sites (N-methyl/N-ethyl adjacent to an activating group) is 1. The Balaban J connectivity index is 1.68. The van der Waals surface area contributed by atoms with Crippen LogP contribution in [0.5, 0.6) is 5.75 Å². The molecule has 0 radical (unpaired) electrons. The van der Waals surface area contributed by atoms with Crippen molar-refractivity contribution in [1.29, 1.82) is 0 Å². The van der Waals surface area contributed by atoms with E-state index in [1.54, 1.807) is 13.1 Å². The topological polar surface area (TPSA) is 148 Å². The highest BCUT2D eigenvalue weighted by molar-refractivity contribution is 5.67. The zero-order valence-electron chi connectivity index (χ0n) is 28.4. The van der Waals surface area contributed by atoms with Gasteiger partial charge in [0.25, 0.3) is 0 Å². The Morgan fingerprint density at radius 2 is 0.891 bits per heavy atom. The van der Waals surface area contributed by atoms with Gasteiger partial charge in [-0.1, -0.05) is 12.1 Å². The van der Waals surface area contributed by atoms with Gasteiger partial charge in [0.2, 0.25) is 0 Å². The lowest BCUT2D eigenvalue weighted by Gasteiger charge is -2.24. The lowest BCUT2D eigenvalue weighted by Crippen LogP contribution is -2.36. The van der Waals surface area contributed by atoms with Crippen molar-refractivity contribution in [1.82, 2.24) is 4.90 Å². The highest BCUT2D eigenvalue weighted by atomic mass is 16.6. The van der Waals surface area contributed by atoms with Crippen LogP contribution < -0.4 is 10.5 Å². The van der Waals surface area contributed by atoms with Gasteiger partial charge in [0.1, 0.15) is 18.0 Å². The van der Waals surface area contributed by atoms with Crippen LogP contribution in [0.4, 0.5) is 10.5 Å². The first-order valence-corrected chi connectivity index (χ1v) is 15.9. The predicted molar refractivity (Wildman–Crippen MR) is 173 cm³/mol. The Morgan fingerprint density at radius 1 is 0.565 bits per heavy atom. The Labute approximate surface area is 274 Å². The largest absolute Gasteiger partial charge is 0.489 e. The Morgan fingerprint density at radius 3 is 1.24 bits per heavy atom. The standard InChI is InChI=1S/C32H58N2O12/c1-32(2,3)46-31(35)34(4)9-10-36-11-12-37-13-14-38-15-16-39-17-18-40-19-20-41-21-22-42-23-24-43-25-26-44-27-28-45-30-8-6-5-7-29(30)33/h5-8H,9-28,33H2,1-4H3. The smallest absolute Gasteiger partial charge is 0.410 e. The Hall–Kier alpha value is -2.27. The molecule has 0 bridgehead atoms. The van der Waals surface area contributed by atoms with E-state index in [9.17, 15) is 4.79 Å². The Bertz CT molecular complexity index is 844. The third kappa shape index (κ3) is 26.9. The molecule has 0 heterocycles. The quantitative estimate of drug-likeness (QED) is 0.0919. The third-order valence-corrected chi connectivity index (χ3v) is 5.66. The van der Waals surface area contributed by atoms with Gasteiger partial charge in [0.05, 0.1) is 125 Å². The molecule has 1 aromatic rings. The number of carbonyl (C=O) groups excluding carboxylic acids is 1. The number of carbonyl (C=O) groups is 1. The predicted octanol–water partition coefficient (Wildman–Crippen LogP) is 2.66. The van der Waals surface area contributed by atoms with Crippen LogP contribution in [-0.4, -0.2) is 156 Å². The van der Waals surface area contributed by atoms with Gasteiger partial charge in [-0.3, -0.25) is 0 Å². The minimum atomic E-state index is -0.510. The molecule has 0 saturated heterocycles. The maximum atomic E-state index is 11.8. The zero-order valence-corrected chi connectivity index (χ0v) is 28.4. The monoisotopic (exact) mass is 662 g/mol. The summed E-state index contributed by atoms with van der Waals surface area (Å²) in [6, 6.07) is 7.37. The number of nitrogen functional groups attached to an aromatic ring is 1. The van der Waals surface area contributed by atoms with Crippen LogP contribution in [0.2, 0.25) is 0 Å². The van der Waals surface area contributed by atoms with Gasteiger partial charge in [-0.05, 0) is 32.9 Å². The maximum Gasteiger partial charge on any atom is 0.410 e. The molecule has 14 heteroatoms. The number of ether oxygens (including phenoxy) is 11. The molecule has 0 aromatic heterocycles. The second-order valence-electron chi connectivity index (χ2n) is 10.8. The van der Waals surface area contributed by atoms with Gasteiger partial charge in [0.15, 0.2) is 0 Å². The fourth-order valence-corrected chi connectivity index (χ4v) is 3.32. The van der Waals surface area contributed by atoms with E-state index in [4.69, 9.17) is 57.8 Å². The van der Waals surface area contributed by atoms with Gasteiger partial charge < -0.3 is 62.7 Å². The van der Waals surface area contributed by atoms with Crippen molar-refractivity contribution in [3.05, 3.63) is 24.3 Å². The minimum Gasteiger partial charge on any atom is -0.489 e. The van der Waals surface area contributed by atoms with Crippen LogP contribution in [-0.2, 0) is 47.4 Å². The lowest BCUT2D eigenvalue weighted by molar-refractivity contribution is -0.0257. The van der Waals surface area contributed by atoms with Crippen LogP contribution in [0, 0.1) is 0 Å². The first-order chi connectivity index (χ1) is 22.3. The molecule has 0 aliphatic rings. The van der Waals surface area contributed by atoms with Crippen molar-refractivity contribution in [2.75, 3.05) is 145 Å². The number of amides is 1. The van der Waals surface area contributed by atoms with Crippen molar-refractivity contribution in [2.45, 2.75) is 26.4 Å². The average molecular weight is 663 g/mol. The summed E-state index contributed by atoms with van der Waals surface area (Å²) in [5.41, 5.74) is 5.92. The Kier molecular flexibility index (Phi) is 26.2. The number of para-hydroxylation sites is 2. The van der Waals surface area contributed by atoms with E-state index >= 15 is 0 Å². The van der Waals surface area contributed by atoms with E-state index in [0.29, 0.717) is 144 Å². The number of nitrogens with two attached hydrogens (primary N) is 1. The molecule has 0 unspecified atom stereocenters. The van der Waals surface area contributed by atoms with E-state index in [2.05, 4.69) is 0 Å². The second kappa shape index (κ2) is 28.9. The number of hydrogen-bond acceptors (Lipinski definition) is 13. The number of nitrogens with zero attached hydrogens (tertiary/aromatic N) is 1. The highest BCUT2D eigenvalue weighted by Crippen LogP contribution is 2.19. The summed E-state index contributed by atoms with van der Waals surface area (Å²) in [4.78, 5) is 13.3. The van der Waals surface area contributed by atoms with Gasteiger partial charge in [-0.15, -0.1) is 0 Å². The number of rotatable bonds is 31. The molecule has 268 valence electrons. The third-order valence-electron chi connectivity index (χ3n) is 5.66. The molecule has 0 aliphatic heterocycles. The van der Waals surface area contributed by atoms with Crippen LogP contribution in [0.1, 0.15) is 20.8 Å². The van der Waals surface area contributed by atoms with Gasteiger partial charge in [-0.25, -0.2) is 4.79 Å². The molecule has 0 spiro atoms. The molecular formula is C32H58N2O12. The van der Waals surface area contributed by atoms with E-state index in [1.165, 1.54) is 4.90 Å². The van der Waals surface area contributed by atoms with Gasteiger partial charge >= 0.3 is 6.09 Å². The molecule has 0 aliphatic carbocycles. The summed E-state index contributed by atoms with van der Waals surface area (Å²) in [7, 11) is 1.68. The summed E-state index contributed by atoms with van der Waals surface area (Å²) < 4.78 is 60.1. The number of benzene rings is 1. The van der Waals surface area contributed by atoms with Gasteiger partial charge in [0, 0.05) is 13.6 Å². The van der Waals surface area contributed by atoms with Crippen LogP contribution in [0.15, 0.2) is 24.3 Å². The van der Waals surface area contributed by atoms with Crippen molar-refractivity contribution in [3.63, 3.8) is 0 Å². The number of hydrogen-bond donors (Lipinski definition) is 1. The molecular weight excluding hydrogens is 604 g/mol. The molecule has 0 fully saturated rings. The summed E-state index contributed by atoms with van der Waals surface area (Å²) >= 11 is 0. The average Bonchev–Trinajstić information content (AvgIpc) is 3.01. The van der Waals surface area contributed by atoms with E-state index in [-0.39, 0.29) is 6.09 Å². The fourth-order valence-electron chi connectivity index (χ4n) is 3.32. The second-order valence-corrected chi connectivity index (χ2v) is 10.8. The summed E-state index contributed by atoms with van der Waals surface area (Å²) in [5, 5.41) is 0. The minimum absolute atomic E-state index is 0.365. The van der Waals surface area contributed by atoms with Crippen LogP contribution >= 0.6 is 0 Å². The van der Waals surface area contributed by atoms with Crippen LogP contribution in [0.25, 0.3) is 0 Å². The molecule has 2 N–H and O–H groups in total. The van der Waals surface area contributed by atoms with Crippen molar-refractivity contribution in [2.24, 2.45) is 0 Å².